The van der Waals surface area contributed by atoms with Crippen molar-refractivity contribution in [2.75, 3.05) is 0 Å². The van der Waals surface area contributed by atoms with Gasteiger partial charge < -0.3 is 18.1 Å². The van der Waals surface area contributed by atoms with Crippen molar-refractivity contribution in [3.63, 3.8) is 0 Å². The average Bonchev–Trinajstić information content (AvgIpc) is 2.05. The van der Waals surface area contributed by atoms with E-state index in [-0.39, 0.29) is 18.4 Å². The van der Waals surface area contributed by atoms with Crippen LogP contribution in [0.2, 0.25) is 0 Å². The topological polar surface area (TPSA) is 27.6 Å². The molecule has 0 radical (unpaired) electrons. The normalized spacial score (nSPS) is 11.5. The quantitative estimate of drug-likeness (QED) is 0.569. The SMILES string of the molecule is C=C(c1ccccc1)C(C)[NH3+].[Cl-]. The molecule has 2 heteroatoms. The van der Waals surface area contributed by atoms with Crippen LogP contribution >= 0.6 is 0 Å². The summed E-state index contributed by atoms with van der Waals surface area (Å²) in [4.78, 5) is 0. The fraction of sp³-hybridized carbons (Fsp3) is 0.200. The molecule has 0 aromatic heterocycles. The molecule has 0 heterocycles. The lowest BCUT2D eigenvalue weighted by Crippen LogP contribution is -3.00. The Morgan fingerprint density at radius 2 is 1.83 bits per heavy atom. The van der Waals surface area contributed by atoms with E-state index in [9.17, 15) is 0 Å². The summed E-state index contributed by atoms with van der Waals surface area (Å²) < 4.78 is 0. The van der Waals surface area contributed by atoms with Gasteiger partial charge in [-0.05, 0) is 12.5 Å². The van der Waals surface area contributed by atoms with E-state index in [4.69, 9.17) is 0 Å². The number of hydrogen-bond acceptors (Lipinski definition) is 0. The Hall–Kier alpha value is -0.790. The molecule has 1 unspecified atom stereocenters. The molecule has 0 saturated carbocycles. The van der Waals surface area contributed by atoms with Gasteiger partial charge in [0.15, 0.2) is 0 Å². The Kier molecular flexibility index (Phi) is 4.64. The molecule has 66 valence electrons. The first-order valence-electron chi connectivity index (χ1n) is 3.79. The Bertz CT molecular complexity index is 241. The summed E-state index contributed by atoms with van der Waals surface area (Å²) in [7, 11) is 0. The third-order valence-electron chi connectivity index (χ3n) is 1.74. The molecule has 0 fully saturated rings. The van der Waals surface area contributed by atoms with Gasteiger partial charge in [0.1, 0.15) is 6.04 Å². The molecule has 0 spiro atoms. The Labute approximate surface area is 79.7 Å². The minimum Gasteiger partial charge on any atom is -1.00 e. The van der Waals surface area contributed by atoms with Crippen molar-refractivity contribution < 1.29 is 18.1 Å². The minimum absolute atomic E-state index is 0. The zero-order valence-electron chi connectivity index (χ0n) is 7.26. The molecular formula is C10H14ClN. The van der Waals surface area contributed by atoms with Gasteiger partial charge in [0.05, 0.1) is 0 Å². The molecule has 12 heavy (non-hydrogen) atoms. The molecule has 3 N–H and O–H groups in total. The molecule has 1 rings (SSSR count). The number of quaternary nitrogens is 1. The summed E-state index contributed by atoms with van der Waals surface area (Å²) in [6.07, 6.45) is 0. The zero-order valence-corrected chi connectivity index (χ0v) is 8.01. The first kappa shape index (κ1) is 11.2. The van der Waals surface area contributed by atoms with Gasteiger partial charge in [-0.3, -0.25) is 0 Å². The van der Waals surface area contributed by atoms with Crippen LogP contribution in [0.1, 0.15) is 12.5 Å². The maximum absolute atomic E-state index is 3.96. The Balaban J connectivity index is 0.00000121. The van der Waals surface area contributed by atoms with Crippen LogP contribution < -0.4 is 18.1 Å². The highest BCUT2D eigenvalue weighted by atomic mass is 35.5. The van der Waals surface area contributed by atoms with E-state index in [1.54, 1.807) is 0 Å². The Morgan fingerprint density at radius 3 is 2.25 bits per heavy atom. The van der Waals surface area contributed by atoms with Gasteiger partial charge >= 0.3 is 0 Å². The molecule has 0 bridgehead atoms. The molecule has 1 atom stereocenters. The summed E-state index contributed by atoms with van der Waals surface area (Å²) in [5.74, 6) is 0. The maximum atomic E-state index is 3.96. The predicted octanol–water partition coefficient (Wildman–Crippen LogP) is -1.67. The number of hydrogen-bond donors (Lipinski definition) is 1. The van der Waals surface area contributed by atoms with Gasteiger partial charge in [0, 0.05) is 5.57 Å². The number of halogens is 1. The summed E-state index contributed by atoms with van der Waals surface area (Å²) in [6, 6.07) is 10.4. The first-order chi connectivity index (χ1) is 5.22. The van der Waals surface area contributed by atoms with Crippen LogP contribution in [0, 0.1) is 0 Å². The molecule has 0 amide bonds. The van der Waals surface area contributed by atoms with E-state index < -0.39 is 0 Å². The fourth-order valence-electron chi connectivity index (χ4n) is 0.937. The largest absolute Gasteiger partial charge is 1.00 e. The van der Waals surface area contributed by atoms with Crippen LogP contribution in [0.15, 0.2) is 36.9 Å². The van der Waals surface area contributed by atoms with Crippen LogP contribution in [-0.2, 0) is 0 Å². The third-order valence-corrected chi connectivity index (χ3v) is 1.74. The predicted molar refractivity (Wildman–Crippen MR) is 47.8 cm³/mol. The van der Waals surface area contributed by atoms with E-state index >= 15 is 0 Å². The van der Waals surface area contributed by atoms with Crippen LogP contribution in [0.5, 0.6) is 0 Å². The third kappa shape index (κ3) is 2.68. The van der Waals surface area contributed by atoms with Crippen molar-refractivity contribution in [3.8, 4) is 0 Å². The van der Waals surface area contributed by atoms with Crippen LogP contribution in [0.3, 0.4) is 0 Å². The van der Waals surface area contributed by atoms with Crippen molar-refractivity contribution in [3.05, 3.63) is 42.5 Å². The minimum atomic E-state index is 0. The lowest BCUT2D eigenvalue weighted by Gasteiger charge is -2.05. The lowest BCUT2D eigenvalue weighted by molar-refractivity contribution is -0.393. The monoisotopic (exact) mass is 183 g/mol. The molecule has 0 aliphatic rings. The maximum Gasteiger partial charge on any atom is 0.107 e. The second-order valence-corrected chi connectivity index (χ2v) is 2.79. The standard InChI is InChI=1S/C10H13N.ClH/c1-8(9(2)11)10-6-4-3-5-7-10;/h3-7,9H,1,11H2,2H3;1H. The van der Waals surface area contributed by atoms with Crippen LogP contribution in [-0.4, -0.2) is 6.04 Å². The van der Waals surface area contributed by atoms with E-state index in [1.807, 2.05) is 18.2 Å². The van der Waals surface area contributed by atoms with Gasteiger partial charge in [-0.15, -0.1) is 0 Å². The van der Waals surface area contributed by atoms with E-state index in [0.717, 1.165) is 5.57 Å². The summed E-state index contributed by atoms with van der Waals surface area (Å²) in [5, 5.41) is 0. The summed E-state index contributed by atoms with van der Waals surface area (Å²) in [5.41, 5.74) is 6.21. The van der Waals surface area contributed by atoms with Crippen molar-refractivity contribution >= 4 is 5.57 Å². The Morgan fingerprint density at radius 1 is 1.33 bits per heavy atom. The molecule has 1 aromatic rings. The van der Waals surface area contributed by atoms with Crippen molar-refractivity contribution in [1.29, 1.82) is 0 Å². The van der Waals surface area contributed by atoms with E-state index in [0.29, 0.717) is 0 Å². The molecular weight excluding hydrogens is 170 g/mol. The smallest absolute Gasteiger partial charge is 0.107 e. The number of rotatable bonds is 2. The molecule has 1 aromatic carbocycles. The van der Waals surface area contributed by atoms with Gasteiger partial charge in [0.25, 0.3) is 0 Å². The van der Waals surface area contributed by atoms with Gasteiger partial charge in [-0.1, -0.05) is 36.9 Å². The second kappa shape index (κ2) is 4.96. The van der Waals surface area contributed by atoms with Crippen molar-refractivity contribution in [1.82, 2.24) is 0 Å². The van der Waals surface area contributed by atoms with Gasteiger partial charge in [-0.2, -0.15) is 0 Å². The van der Waals surface area contributed by atoms with Crippen molar-refractivity contribution in [2.24, 2.45) is 0 Å². The summed E-state index contributed by atoms with van der Waals surface area (Å²) >= 11 is 0. The lowest BCUT2D eigenvalue weighted by atomic mass is 10.0. The molecule has 1 nitrogen and oxygen atoms in total. The molecule has 0 saturated heterocycles. The van der Waals surface area contributed by atoms with Crippen LogP contribution in [0.25, 0.3) is 5.57 Å². The highest BCUT2D eigenvalue weighted by Crippen LogP contribution is 2.12. The first-order valence-corrected chi connectivity index (χ1v) is 3.79. The van der Waals surface area contributed by atoms with Crippen LogP contribution in [0.4, 0.5) is 0 Å². The second-order valence-electron chi connectivity index (χ2n) is 2.79. The average molecular weight is 184 g/mol. The van der Waals surface area contributed by atoms with Gasteiger partial charge in [-0.25, -0.2) is 0 Å². The fourth-order valence-corrected chi connectivity index (χ4v) is 0.937. The molecule has 0 aliphatic heterocycles. The highest BCUT2D eigenvalue weighted by Gasteiger charge is 2.04. The highest BCUT2D eigenvalue weighted by molar-refractivity contribution is 5.65. The molecule has 0 aliphatic carbocycles. The zero-order chi connectivity index (χ0) is 8.27. The van der Waals surface area contributed by atoms with E-state index in [2.05, 4.69) is 31.4 Å². The summed E-state index contributed by atoms with van der Waals surface area (Å²) in [6.45, 7) is 6.01. The van der Waals surface area contributed by atoms with Gasteiger partial charge in [0.2, 0.25) is 0 Å². The van der Waals surface area contributed by atoms with Crippen molar-refractivity contribution in [2.45, 2.75) is 13.0 Å². The number of benzene rings is 1. The van der Waals surface area contributed by atoms with E-state index in [1.165, 1.54) is 5.56 Å².